The van der Waals surface area contributed by atoms with Crippen molar-refractivity contribution >= 4 is 23.3 Å². The summed E-state index contributed by atoms with van der Waals surface area (Å²) in [6.07, 6.45) is 0.612. The van der Waals surface area contributed by atoms with E-state index in [4.69, 9.17) is 0 Å². The number of hydrogen-bond donors (Lipinski definition) is 1. The van der Waals surface area contributed by atoms with Gasteiger partial charge in [-0.1, -0.05) is 50.5 Å². The Bertz CT molecular complexity index is 307. The molecule has 1 aliphatic rings. The zero-order chi connectivity index (χ0) is 14.1. The molecule has 5 heteroatoms. The Kier molecular flexibility index (Phi) is 5.21. The molecule has 4 atom stereocenters. The summed E-state index contributed by atoms with van der Waals surface area (Å²) in [5.74, 6) is 0.190. The van der Waals surface area contributed by atoms with E-state index in [1.54, 1.807) is 0 Å². The van der Waals surface area contributed by atoms with Gasteiger partial charge in [-0.2, -0.15) is 0 Å². The highest BCUT2D eigenvalue weighted by atomic mass is 32.0. The van der Waals surface area contributed by atoms with Gasteiger partial charge in [0.25, 0.3) is 0 Å². The lowest BCUT2D eigenvalue weighted by Crippen LogP contribution is -2.57. The second kappa shape index (κ2) is 5.73. The Morgan fingerprint density at radius 2 is 1.78 bits per heavy atom. The molecule has 1 aliphatic heterocycles. The van der Waals surface area contributed by atoms with E-state index in [9.17, 15) is 4.79 Å². The fourth-order valence-corrected chi connectivity index (χ4v) is 4.48. The molecule has 0 bridgehead atoms. The second-order valence-corrected chi connectivity index (χ2v) is 8.90. The molecule has 0 radical (unpaired) electrons. The SMILES string of the molecule is CC(C)(C)C1NC(=O)CCN(PP)C1C(C)(C)C. The van der Waals surface area contributed by atoms with Gasteiger partial charge in [0.05, 0.1) is 0 Å². The van der Waals surface area contributed by atoms with E-state index >= 15 is 0 Å². The molecule has 1 amide bonds. The molecule has 3 nitrogen and oxygen atoms in total. The van der Waals surface area contributed by atoms with Crippen LogP contribution in [0.2, 0.25) is 0 Å². The molecule has 1 heterocycles. The van der Waals surface area contributed by atoms with Gasteiger partial charge >= 0.3 is 0 Å². The van der Waals surface area contributed by atoms with Gasteiger partial charge in [0.15, 0.2) is 0 Å². The number of nitrogens with one attached hydrogen (secondary N) is 1. The van der Waals surface area contributed by atoms with Crippen molar-refractivity contribution in [3.8, 4) is 0 Å². The van der Waals surface area contributed by atoms with Gasteiger partial charge in [0, 0.05) is 25.0 Å². The first-order valence-electron chi connectivity index (χ1n) is 6.59. The molecule has 0 aromatic carbocycles. The van der Waals surface area contributed by atoms with Crippen molar-refractivity contribution in [3.05, 3.63) is 0 Å². The van der Waals surface area contributed by atoms with Crippen molar-refractivity contribution in [1.29, 1.82) is 0 Å². The molecule has 1 saturated heterocycles. The molecule has 0 aliphatic carbocycles. The predicted molar refractivity (Wildman–Crippen MR) is 84.0 cm³/mol. The van der Waals surface area contributed by atoms with Gasteiger partial charge in [-0.15, -0.1) is 0 Å². The van der Waals surface area contributed by atoms with Gasteiger partial charge in [-0.25, -0.2) is 0 Å². The van der Waals surface area contributed by atoms with Crippen molar-refractivity contribution in [2.45, 2.75) is 60.0 Å². The number of carbonyl (C=O) groups excluding carboxylic acids is 1. The average Bonchev–Trinajstić information content (AvgIpc) is 2.35. The van der Waals surface area contributed by atoms with Crippen molar-refractivity contribution in [1.82, 2.24) is 9.99 Å². The van der Waals surface area contributed by atoms with E-state index < -0.39 is 0 Å². The summed E-state index contributed by atoms with van der Waals surface area (Å²) in [5, 5.41) is 3.25. The zero-order valence-electron chi connectivity index (χ0n) is 12.5. The van der Waals surface area contributed by atoms with E-state index in [2.05, 4.69) is 60.5 Å². The zero-order valence-corrected chi connectivity index (χ0v) is 14.7. The molecular weight excluding hydrogens is 262 g/mol. The standard InChI is InChI=1S/C13H28N2OP2/c1-12(2,3)10-11(13(4,5)6)15(18-17)8-7-9(16)14-10/h10-11,18H,7-8,17H2,1-6H3,(H,14,16). The second-order valence-electron chi connectivity index (χ2n) is 7.29. The minimum absolute atomic E-state index is 0.0700. The van der Waals surface area contributed by atoms with E-state index in [-0.39, 0.29) is 22.8 Å². The first-order chi connectivity index (χ1) is 8.07. The van der Waals surface area contributed by atoms with Crippen LogP contribution in [0, 0.1) is 10.8 Å². The maximum atomic E-state index is 11.9. The summed E-state index contributed by atoms with van der Waals surface area (Å²) in [6.45, 7) is 14.3. The summed E-state index contributed by atoms with van der Waals surface area (Å²) in [6, 6.07) is 0.570. The highest BCUT2D eigenvalue weighted by Crippen LogP contribution is 2.42. The lowest BCUT2D eigenvalue weighted by molar-refractivity contribution is -0.122. The van der Waals surface area contributed by atoms with Crippen LogP contribution in [0.3, 0.4) is 0 Å². The fraction of sp³-hybridized carbons (Fsp3) is 0.923. The Morgan fingerprint density at radius 1 is 1.22 bits per heavy atom. The first kappa shape index (κ1) is 16.3. The normalized spacial score (nSPS) is 28.5. The first-order valence-corrected chi connectivity index (χ1v) is 9.35. The number of hydrogen-bond acceptors (Lipinski definition) is 2. The molecule has 1 fully saturated rings. The van der Waals surface area contributed by atoms with Gasteiger partial charge in [-0.05, 0) is 19.3 Å². The van der Waals surface area contributed by atoms with Gasteiger partial charge in [0.2, 0.25) is 5.91 Å². The molecule has 4 unspecified atom stereocenters. The van der Waals surface area contributed by atoms with Crippen molar-refractivity contribution in [2.24, 2.45) is 10.8 Å². The summed E-state index contributed by atoms with van der Waals surface area (Å²) >= 11 is 0. The Morgan fingerprint density at radius 3 is 2.17 bits per heavy atom. The van der Waals surface area contributed by atoms with Gasteiger partial charge < -0.3 is 5.32 Å². The molecule has 0 aromatic heterocycles. The molecule has 1 N–H and O–H groups in total. The largest absolute Gasteiger partial charge is 0.351 e. The summed E-state index contributed by atoms with van der Waals surface area (Å²) in [7, 11) is 3.50. The average molecular weight is 290 g/mol. The summed E-state index contributed by atoms with van der Waals surface area (Å²) in [5.41, 5.74) is 0.222. The molecular formula is C13H28N2OP2. The Labute approximate surface area is 116 Å². The summed E-state index contributed by atoms with van der Waals surface area (Å²) < 4.78 is 2.46. The van der Waals surface area contributed by atoms with Crippen LogP contribution in [0.25, 0.3) is 0 Å². The monoisotopic (exact) mass is 290 g/mol. The van der Waals surface area contributed by atoms with Crippen molar-refractivity contribution in [3.63, 3.8) is 0 Å². The van der Waals surface area contributed by atoms with Crippen molar-refractivity contribution in [2.75, 3.05) is 6.54 Å². The number of rotatable bonds is 1. The highest BCUT2D eigenvalue weighted by molar-refractivity contribution is 8.01. The Hall–Kier alpha value is 0.290. The smallest absolute Gasteiger partial charge is 0.221 e. The summed E-state index contributed by atoms with van der Waals surface area (Å²) in [4.78, 5) is 11.9. The molecule has 0 aromatic rings. The number of nitrogens with zero attached hydrogens (tertiary/aromatic N) is 1. The van der Waals surface area contributed by atoms with Gasteiger partial charge in [-0.3, -0.25) is 9.46 Å². The predicted octanol–water partition coefficient (Wildman–Crippen LogP) is 3.02. The van der Waals surface area contributed by atoms with Crippen LogP contribution < -0.4 is 5.32 Å². The van der Waals surface area contributed by atoms with Crippen LogP contribution in [0.1, 0.15) is 48.0 Å². The minimum Gasteiger partial charge on any atom is -0.351 e. The molecule has 0 spiro atoms. The fourth-order valence-electron chi connectivity index (χ4n) is 2.67. The van der Waals surface area contributed by atoms with Crippen LogP contribution in [-0.2, 0) is 4.79 Å². The third-order valence-electron chi connectivity index (χ3n) is 3.53. The van der Waals surface area contributed by atoms with Crippen LogP contribution in [0.5, 0.6) is 0 Å². The number of amides is 1. The van der Waals surface area contributed by atoms with Crippen LogP contribution in [-0.4, -0.2) is 29.2 Å². The van der Waals surface area contributed by atoms with E-state index in [0.717, 1.165) is 6.54 Å². The Balaban J connectivity index is 3.16. The van der Waals surface area contributed by atoms with Crippen molar-refractivity contribution < 1.29 is 4.79 Å². The van der Waals surface area contributed by atoms with Crippen LogP contribution >= 0.6 is 17.3 Å². The van der Waals surface area contributed by atoms with Gasteiger partial charge in [0.1, 0.15) is 0 Å². The number of carbonyl (C=O) groups is 1. The highest BCUT2D eigenvalue weighted by Gasteiger charge is 2.44. The van der Waals surface area contributed by atoms with E-state index in [0.29, 0.717) is 20.9 Å². The molecule has 18 heavy (non-hydrogen) atoms. The molecule has 106 valence electrons. The van der Waals surface area contributed by atoms with E-state index in [1.165, 1.54) is 0 Å². The van der Waals surface area contributed by atoms with Crippen LogP contribution in [0.4, 0.5) is 0 Å². The molecule has 1 rings (SSSR count). The van der Waals surface area contributed by atoms with E-state index in [1.807, 2.05) is 0 Å². The third-order valence-corrected chi connectivity index (χ3v) is 5.36. The topological polar surface area (TPSA) is 32.3 Å². The lowest BCUT2D eigenvalue weighted by Gasteiger charge is -2.47. The third kappa shape index (κ3) is 3.89. The van der Waals surface area contributed by atoms with Crippen LogP contribution in [0.15, 0.2) is 0 Å². The maximum absolute atomic E-state index is 11.9. The molecule has 0 saturated carbocycles. The minimum atomic E-state index is 0.0700. The lowest BCUT2D eigenvalue weighted by atomic mass is 9.73. The quantitative estimate of drug-likeness (QED) is 0.753. The maximum Gasteiger partial charge on any atom is 0.221 e.